The fraction of sp³-hybridized carbons (Fsp3) is 0.192. The number of hydrogen-bond donors (Lipinski definition) is 1. The van der Waals surface area contributed by atoms with Crippen LogP contribution >= 0.6 is 12.2 Å². The van der Waals surface area contributed by atoms with Crippen LogP contribution in [0.4, 0.5) is 4.39 Å². The number of benzene rings is 2. The van der Waals surface area contributed by atoms with Crippen molar-refractivity contribution in [2.45, 2.75) is 25.8 Å². The Morgan fingerprint density at radius 1 is 1.06 bits per heavy atom. The number of halogens is 1. The maximum atomic E-state index is 13.7. The van der Waals surface area contributed by atoms with Gasteiger partial charge in [0, 0.05) is 30.4 Å². The lowest BCUT2D eigenvalue weighted by Gasteiger charge is -2.11. The van der Waals surface area contributed by atoms with Gasteiger partial charge in [-0.2, -0.15) is 0 Å². The second-order valence-corrected chi connectivity index (χ2v) is 8.30. The Balaban J connectivity index is 1.82. The molecule has 0 bridgehead atoms. The summed E-state index contributed by atoms with van der Waals surface area (Å²) in [5.74, 6) is -0.233. The van der Waals surface area contributed by atoms with Crippen LogP contribution in [0, 0.1) is 5.82 Å². The number of aryl methyl sites for hydroxylation is 2. The van der Waals surface area contributed by atoms with Crippen molar-refractivity contribution in [3.63, 3.8) is 0 Å². The van der Waals surface area contributed by atoms with Crippen molar-refractivity contribution in [1.82, 2.24) is 14.3 Å². The Kier molecular flexibility index (Phi) is 5.20. The van der Waals surface area contributed by atoms with Gasteiger partial charge >= 0.3 is 0 Å². The summed E-state index contributed by atoms with van der Waals surface area (Å²) in [4.78, 5) is 0.679. The largest absolute Gasteiger partial charge is 0.371 e. The minimum atomic E-state index is -0.233. The normalized spacial score (nSPS) is 13.2. The molecule has 2 aromatic carbocycles. The Bertz CT molecular complexity index is 1270. The lowest BCUT2D eigenvalue weighted by atomic mass is 9.98. The zero-order chi connectivity index (χ0) is 21.4. The van der Waals surface area contributed by atoms with E-state index >= 15 is 0 Å². The molecule has 0 radical (unpaired) electrons. The standard InChI is InChI=1S/C26H24FN3S/c1-2-15-28-25(31)24-23(19-11-13-20(27)14-12-19)21-10-6-7-16-29-22(17-30(24)26(21)29)18-8-4-3-5-9-18/h2-5,8-9,11-14,17H,1,6-7,10,15-16H2,(H,28,31). The molecule has 156 valence electrons. The zero-order valence-corrected chi connectivity index (χ0v) is 18.1. The molecule has 0 saturated carbocycles. The van der Waals surface area contributed by atoms with E-state index < -0.39 is 0 Å². The number of rotatable bonds is 5. The molecule has 0 fully saturated rings. The second kappa shape index (κ2) is 8.16. The van der Waals surface area contributed by atoms with Crippen molar-refractivity contribution in [2.24, 2.45) is 0 Å². The highest BCUT2D eigenvalue weighted by molar-refractivity contribution is 7.80. The Morgan fingerprint density at radius 2 is 1.84 bits per heavy atom. The van der Waals surface area contributed by atoms with E-state index in [1.165, 1.54) is 34.6 Å². The molecule has 1 aliphatic rings. The van der Waals surface area contributed by atoms with E-state index in [0.29, 0.717) is 11.5 Å². The molecule has 3 nitrogen and oxygen atoms in total. The number of imidazole rings is 1. The van der Waals surface area contributed by atoms with Crippen LogP contribution in [-0.4, -0.2) is 20.5 Å². The van der Waals surface area contributed by atoms with Crippen molar-refractivity contribution < 1.29 is 4.39 Å². The van der Waals surface area contributed by atoms with Crippen LogP contribution in [0.5, 0.6) is 0 Å². The number of thiocarbonyl (C=S) groups is 1. The summed E-state index contributed by atoms with van der Waals surface area (Å²) in [6.45, 7) is 5.36. The van der Waals surface area contributed by atoms with Crippen molar-refractivity contribution in [2.75, 3.05) is 6.54 Å². The monoisotopic (exact) mass is 429 g/mol. The molecule has 1 aliphatic heterocycles. The molecule has 1 N–H and O–H groups in total. The van der Waals surface area contributed by atoms with Crippen LogP contribution in [0.3, 0.4) is 0 Å². The molecule has 31 heavy (non-hydrogen) atoms. The molecule has 5 rings (SSSR count). The minimum Gasteiger partial charge on any atom is -0.371 e. The summed E-state index contributed by atoms with van der Waals surface area (Å²) in [5.41, 5.74) is 7.92. The van der Waals surface area contributed by atoms with Gasteiger partial charge in [-0.25, -0.2) is 4.39 Å². The van der Waals surface area contributed by atoms with Crippen LogP contribution < -0.4 is 5.32 Å². The lowest BCUT2D eigenvalue weighted by molar-refractivity contribution is 0.628. The van der Waals surface area contributed by atoms with E-state index in [1.807, 2.05) is 18.2 Å². The Labute approximate surface area is 186 Å². The summed E-state index contributed by atoms with van der Waals surface area (Å²) in [6, 6.07) is 17.2. The van der Waals surface area contributed by atoms with Gasteiger partial charge in [-0.3, -0.25) is 4.40 Å². The third-order valence-corrected chi connectivity index (χ3v) is 6.30. The van der Waals surface area contributed by atoms with Gasteiger partial charge in [-0.1, -0.05) is 60.8 Å². The summed E-state index contributed by atoms with van der Waals surface area (Å²) < 4.78 is 18.3. The van der Waals surface area contributed by atoms with E-state index in [4.69, 9.17) is 12.2 Å². The smallest absolute Gasteiger partial charge is 0.124 e. The lowest BCUT2D eigenvalue weighted by Crippen LogP contribution is -2.24. The van der Waals surface area contributed by atoms with Crippen molar-refractivity contribution >= 4 is 22.9 Å². The van der Waals surface area contributed by atoms with Crippen LogP contribution in [-0.2, 0) is 13.0 Å². The third kappa shape index (κ3) is 3.39. The highest BCUT2D eigenvalue weighted by Gasteiger charge is 2.28. The van der Waals surface area contributed by atoms with Crippen molar-refractivity contribution in [1.29, 1.82) is 0 Å². The van der Waals surface area contributed by atoms with E-state index in [9.17, 15) is 4.39 Å². The van der Waals surface area contributed by atoms with Crippen molar-refractivity contribution in [3.8, 4) is 22.4 Å². The molecule has 0 unspecified atom stereocenters. The molecule has 0 saturated heterocycles. The van der Waals surface area contributed by atoms with Crippen LogP contribution in [0.2, 0.25) is 0 Å². The predicted octanol–water partition coefficient (Wildman–Crippen LogP) is 6.00. The average molecular weight is 430 g/mol. The molecule has 5 heteroatoms. The maximum absolute atomic E-state index is 13.7. The fourth-order valence-electron chi connectivity index (χ4n) is 4.62. The first-order valence-electron chi connectivity index (χ1n) is 10.7. The number of hydrogen-bond acceptors (Lipinski definition) is 1. The first-order chi connectivity index (χ1) is 15.2. The molecule has 0 atom stereocenters. The fourth-order valence-corrected chi connectivity index (χ4v) is 4.91. The number of aromatic nitrogens is 2. The molecule has 0 spiro atoms. The van der Waals surface area contributed by atoms with E-state index in [-0.39, 0.29) is 5.82 Å². The Morgan fingerprint density at radius 3 is 2.58 bits per heavy atom. The molecular weight excluding hydrogens is 405 g/mol. The highest BCUT2D eigenvalue weighted by atomic mass is 32.1. The topological polar surface area (TPSA) is 21.4 Å². The predicted molar refractivity (Wildman–Crippen MR) is 129 cm³/mol. The summed E-state index contributed by atoms with van der Waals surface area (Å²) in [7, 11) is 0. The van der Waals surface area contributed by atoms with E-state index in [1.54, 1.807) is 6.08 Å². The highest BCUT2D eigenvalue weighted by Crippen LogP contribution is 2.39. The molecule has 2 aromatic heterocycles. The summed E-state index contributed by atoms with van der Waals surface area (Å²) in [5, 5.41) is 3.31. The van der Waals surface area contributed by atoms with Gasteiger partial charge in [0.2, 0.25) is 0 Å². The average Bonchev–Trinajstić information content (AvgIpc) is 3.21. The summed E-state index contributed by atoms with van der Waals surface area (Å²) in [6.07, 6.45) is 7.20. The van der Waals surface area contributed by atoms with Crippen molar-refractivity contribution in [3.05, 3.63) is 90.5 Å². The first-order valence-corrected chi connectivity index (χ1v) is 11.1. The third-order valence-electron chi connectivity index (χ3n) is 5.96. The van der Waals surface area contributed by atoms with Crippen LogP contribution in [0.15, 0.2) is 73.4 Å². The maximum Gasteiger partial charge on any atom is 0.124 e. The van der Waals surface area contributed by atoms with Gasteiger partial charge in [0.1, 0.15) is 16.5 Å². The second-order valence-electron chi connectivity index (χ2n) is 7.89. The van der Waals surface area contributed by atoms with Crippen LogP contribution in [0.1, 0.15) is 24.1 Å². The first kappa shape index (κ1) is 19.8. The van der Waals surface area contributed by atoms with Gasteiger partial charge in [0.15, 0.2) is 0 Å². The van der Waals surface area contributed by atoms with Gasteiger partial charge in [0.25, 0.3) is 0 Å². The molecule has 3 heterocycles. The zero-order valence-electron chi connectivity index (χ0n) is 17.3. The van der Waals surface area contributed by atoms with Gasteiger partial charge in [0.05, 0.1) is 11.4 Å². The minimum absolute atomic E-state index is 0.233. The van der Waals surface area contributed by atoms with Crippen LogP contribution in [0.25, 0.3) is 28.0 Å². The molecular formula is C26H24FN3S. The SMILES string of the molecule is C=CCNC(=S)c1c(-c2ccc(F)cc2)c2c3n(c(-c4ccccc4)cn13)CCCC2. The van der Waals surface area contributed by atoms with Gasteiger partial charge in [-0.15, -0.1) is 6.58 Å². The van der Waals surface area contributed by atoms with Gasteiger partial charge < -0.3 is 9.88 Å². The molecule has 0 amide bonds. The number of nitrogens with zero attached hydrogens (tertiary/aromatic N) is 2. The quantitative estimate of drug-likeness (QED) is 0.310. The summed E-state index contributed by atoms with van der Waals surface area (Å²) >= 11 is 5.85. The van der Waals surface area contributed by atoms with E-state index in [0.717, 1.165) is 42.6 Å². The number of nitrogens with one attached hydrogen (secondary N) is 1. The van der Waals surface area contributed by atoms with E-state index in [2.05, 4.69) is 51.3 Å². The van der Waals surface area contributed by atoms with Gasteiger partial charge in [-0.05, 0) is 42.5 Å². The molecule has 0 aliphatic carbocycles. The molecule has 4 aromatic rings. The Hall–Kier alpha value is -3.18.